The number of rotatable bonds is 6. The Labute approximate surface area is 184 Å². The van der Waals surface area contributed by atoms with Crippen LogP contribution in [0.3, 0.4) is 0 Å². The summed E-state index contributed by atoms with van der Waals surface area (Å²) in [5, 5.41) is 7.34. The highest BCUT2D eigenvalue weighted by atomic mass is 19.1. The van der Waals surface area contributed by atoms with E-state index in [-0.39, 0.29) is 29.8 Å². The number of halogens is 1. The number of ether oxygens (including phenoxy) is 1. The third-order valence-electron chi connectivity index (χ3n) is 5.58. The van der Waals surface area contributed by atoms with Crippen LogP contribution in [0.25, 0.3) is 5.69 Å². The van der Waals surface area contributed by atoms with Gasteiger partial charge in [0.15, 0.2) is 5.69 Å². The summed E-state index contributed by atoms with van der Waals surface area (Å²) in [6.07, 6.45) is 0.781. The monoisotopic (exact) mass is 437 g/mol. The number of anilines is 1. The standard InChI is InChI=1S/C23H24FN5O3/c1-13-2-5-16(24)10-18(13)23(31)27-11-14-3-6-17(7-4-14)29-21(22(26)30)19(25)20(28-29)15-8-9-32-12-15/h2-7,10,15H,8-9,11-12,25H2,1H3,(H2,26,30)(H,27,31). The lowest BCUT2D eigenvalue weighted by Crippen LogP contribution is -2.23. The Balaban J connectivity index is 1.52. The Bertz CT molecular complexity index is 1170. The molecule has 32 heavy (non-hydrogen) atoms. The normalized spacial score (nSPS) is 15.6. The van der Waals surface area contributed by atoms with Crippen molar-refractivity contribution in [3.05, 3.63) is 76.4 Å². The number of nitrogens with two attached hydrogens (primary N) is 2. The van der Waals surface area contributed by atoms with Crippen LogP contribution < -0.4 is 16.8 Å². The summed E-state index contributed by atoms with van der Waals surface area (Å²) in [7, 11) is 0. The van der Waals surface area contributed by atoms with E-state index < -0.39 is 11.7 Å². The Morgan fingerprint density at radius 3 is 2.66 bits per heavy atom. The molecule has 1 atom stereocenters. The number of primary amides is 1. The molecule has 2 heterocycles. The molecule has 0 aliphatic carbocycles. The van der Waals surface area contributed by atoms with Gasteiger partial charge in [0.2, 0.25) is 0 Å². The molecule has 1 aliphatic heterocycles. The van der Waals surface area contributed by atoms with E-state index in [0.717, 1.165) is 12.0 Å². The molecule has 0 radical (unpaired) electrons. The van der Waals surface area contributed by atoms with Crippen molar-refractivity contribution in [3.8, 4) is 5.69 Å². The molecular weight excluding hydrogens is 413 g/mol. The van der Waals surface area contributed by atoms with E-state index in [2.05, 4.69) is 10.4 Å². The minimum Gasteiger partial charge on any atom is -0.395 e. The molecule has 4 rings (SSSR count). The van der Waals surface area contributed by atoms with Gasteiger partial charge in [-0.05, 0) is 48.7 Å². The zero-order valence-electron chi connectivity index (χ0n) is 17.6. The molecule has 0 saturated carbocycles. The molecule has 1 saturated heterocycles. The number of amides is 2. The summed E-state index contributed by atoms with van der Waals surface area (Å²) in [5.74, 6) is -1.46. The number of carbonyl (C=O) groups excluding carboxylic acids is 2. The molecule has 8 nitrogen and oxygen atoms in total. The lowest BCUT2D eigenvalue weighted by atomic mass is 10.0. The number of carbonyl (C=O) groups is 2. The molecule has 166 valence electrons. The van der Waals surface area contributed by atoms with Crippen LogP contribution in [0.2, 0.25) is 0 Å². The molecule has 1 aromatic heterocycles. The van der Waals surface area contributed by atoms with Crippen LogP contribution in [0.1, 0.15) is 50.0 Å². The first-order chi connectivity index (χ1) is 15.3. The largest absolute Gasteiger partial charge is 0.395 e. The Morgan fingerprint density at radius 2 is 2.00 bits per heavy atom. The fourth-order valence-corrected chi connectivity index (χ4v) is 3.79. The quantitative estimate of drug-likeness (QED) is 0.546. The second kappa shape index (κ2) is 8.80. The van der Waals surface area contributed by atoms with E-state index in [0.29, 0.717) is 35.7 Å². The first-order valence-electron chi connectivity index (χ1n) is 10.2. The van der Waals surface area contributed by atoms with Gasteiger partial charge in [0.25, 0.3) is 11.8 Å². The van der Waals surface area contributed by atoms with Gasteiger partial charge >= 0.3 is 0 Å². The average Bonchev–Trinajstić information content (AvgIpc) is 3.42. The summed E-state index contributed by atoms with van der Waals surface area (Å²) in [5.41, 5.74) is 15.2. The van der Waals surface area contributed by atoms with Gasteiger partial charge in [-0.2, -0.15) is 5.10 Å². The van der Waals surface area contributed by atoms with Crippen molar-refractivity contribution in [1.29, 1.82) is 0 Å². The number of hydrogen-bond acceptors (Lipinski definition) is 5. The van der Waals surface area contributed by atoms with Crippen LogP contribution in [0.4, 0.5) is 10.1 Å². The third kappa shape index (κ3) is 4.19. The zero-order chi connectivity index (χ0) is 22.8. The van der Waals surface area contributed by atoms with Gasteiger partial charge in [-0.25, -0.2) is 9.07 Å². The maximum absolute atomic E-state index is 13.5. The minimum atomic E-state index is -0.665. The van der Waals surface area contributed by atoms with Gasteiger partial charge in [0, 0.05) is 24.6 Å². The first-order valence-corrected chi connectivity index (χ1v) is 10.2. The number of aromatic nitrogens is 2. The fourth-order valence-electron chi connectivity index (χ4n) is 3.79. The molecule has 2 aromatic carbocycles. The van der Waals surface area contributed by atoms with Crippen molar-refractivity contribution in [1.82, 2.24) is 15.1 Å². The molecule has 9 heteroatoms. The predicted molar refractivity (Wildman–Crippen MR) is 117 cm³/mol. The van der Waals surface area contributed by atoms with Crippen molar-refractivity contribution >= 4 is 17.5 Å². The third-order valence-corrected chi connectivity index (χ3v) is 5.58. The lowest BCUT2D eigenvalue weighted by molar-refractivity contribution is 0.0948. The van der Waals surface area contributed by atoms with Crippen LogP contribution >= 0.6 is 0 Å². The number of nitrogens with zero attached hydrogens (tertiary/aromatic N) is 2. The van der Waals surface area contributed by atoms with Gasteiger partial charge in [0.05, 0.1) is 23.7 Å². The van der Waals surface area contributed by atoms with Crippen LogP contribution in [0.5, 0.6) is 0 Å². The van der Waals surface area contributed by atoms with Crippen LogP contribution in [0, 0.1) is 12.7 Å². The smallest absolute Gasteiger partial charge is 0.269 e. The van der Waals surface area contributed by atoms with Crippen molar-refractivity contribution in [2.45, 2.75) is 25.8 Å². The number of hydrogen-bond donors (Lipinski definition) is 3. The van der Waals surface area contributed by atoms with E-state index in [1.54, 1.807) is 37.3 Å². The van der Waals surface area contributed by atoms with Gasteiger partial charge in [-0.15, -0.1) is 0 Å². The molecular formula is C23H24FN5O3. The Kier molecular flexibility index (Phi) is 5.91. The molecule has 5 N–H and O–H groups in total. The number of benzene rings is 2. The summed E-state index contributed by atoms with van der Waals surface area (Å²) in [6.45, 7) is 3.13. The van der Waals surface area contributed by atoms with Crippen molar-refractivity contribution in [2.75, 3.05) is 18.9 Å². The predicted octanol–water partition coefficient (Wildman–Crippen LogP) is 2.43. The molecule has 3 aromatic rings. The molecule has 0 bridgehead atoms. The summed E-state index contributed by atoms with van der Waals surface area (Å²) in [6, 6.07) is 11.2. The van der Waals surface area contributed by atoms with Crippen molar-refractivity contribution < 1.29 is 18.7 Å². The van der Waals surface area contributed by atoms with Gasteiger partial charge in [0.1, 0.15) is 5.82 Å². The van der Waals surface area contributed by atoms with E-state index in [1.807, 2.05) is 0 Å². The second-order valence-corrected chi connectivity index (χ2v) is 7.79. The summed E-state index contributed by atoms with van der Waals surface area (Å²) < 4.78 is 20.3. The molecule has 1 unspecified atom stereocenters. The Hall–Kier alpha value is -3.72. The maximum atomic E-state index is 13.5. The highest BCUT2D eigenvalue weighted by Crippen LogP contribution is 2.32. The first kappa shape index (κ1) is 21.5. The highest BCUT2D eigenvalue weighted by molar-refractivity contribution is 5.97. The summed E-state index contributed by atoms with van der Waals surface area (Å²) in [4.78, 5) is 24.4. The van der Waals surface area contributed by atoms with Crippen LogP contribution in [-0.4, -0.2) is 34.8 Å². The topological polar surface area (TPSA) is 125 Å². The minimum absolute atomic E-state index is 0.0233. The van der Waals surface area contributed by atoms with E-state index in [1.165, 1.54) is 16.8 Å². The van der Waals surface area contributed by atoms with Gasteiger partial charge in [-0.1, -0.05) is 18.2 Å². The molecule has 0 spiro atoms. The number of nitrogens with one attached hydrogen (secondary N) is 1. The number of nitrogen functional groups attached to an aromatic ring is 1. The average molecular weight is 437 g/mol. The van der Waals surface area contributed by atoms with Crippen LogP contribution in [0.15, 0.2) is 42.5 Å². The zero-order valence-corrected chi connectivity index (χ0v) is 17.6. The molecule has 1 aliphatic rings. The van der Waals surface area contributed by atoms with Gasteiger partial charge < -0.3 is 21.5 Å². The second-order valence-electron chi connectivity index (χ2n) is 7.79. The molecule has 1 fully saturated rings. The SMILES string of the molecule is Cc1ccc(F)cc1C(=O)NCc1ccc(-n2nc(C3CCOC3)c(N)c2C(N)=O)cc1. The van der Waals surface area contributed by atoms with Crippen LogP contribution in [-0.2, 0) is 11.3 Å². The Morgan fingerprint density at radius 1 is 1.25 bits per heavy atom. The molecule has 2 amide bonds. The van der Waals surface area contributed by atoms with Crippen molar-refractivity contribution in [3.63, 3.8) is 0 Å². The van der Waals surface area contributed by atoms with E-state index in [4.69, 9.17) is 16.2 Å². The van der Waals surface area contributed by atoms with Gasteiger partial charge in [-0.3, -0.25) is 9.59 Å². The van der Waals surface area contributed by atoms with E-state index in [9.17, 15) is 14.0 Å². The van der Waals surface area contributed by atoms with Crippen molar-refractivity contribution in [2.24, 2.45) is 5.73 Å². The fraction of sp³-hybridized carbons (Fsp3) is 0.261. The maximum Gasteiger partial charge on any atom is 0.269 e. The summed E-state index contributed by atoms with van der Waals surface area (Å²) >= 11 is 0. The number of aryl methyl sites for hydroxylation is 1. The van der Waals surface area contributed by atoms with E-state index >= 15 is 0 Å². The lowest BCUT2D eigenvalue weighted by Gasteiger charge is -2.09. The highest BCUT2D eigenvalue weighted by Gasteiger charge is 2.28.